The van der Waals surface area contributed by atoms with Crippen molar-refractivity contribution in [3.8, 4) is 0 Å². The summed E-state index contributed by atoms with van der Waals surface area (Å²) < 4.78 is 24.2. The van der Waals surface area contributed by atoms with Gasteiger partial charge in [-0.25, -0.2) is 0 Å². The van der Waals surface area contributed by atoms with Crippen molar-refractivity contribution in [2.45, 2.75) is 46.7 Å². The van der Waals surface area contributed by atoms with Gasteiger partial charge >= 0.3 is 8.56 Å². The maximum atomic E-state index is 12.4. The molecule has 3 nitrogen and oxygen atoms in total. The third-order valence-corrected chi connectivity index (χ3v) is 10.9. The zero-order chi connectivity index (χ0) is 13.4. The van der Waals surface area contributed by atoms with Gasteiger partial charge in [0.25, 0.3) is 0 Å². The van der Waals surface area contributed by atoms with Crippen LogP contribution in [0.3, 0.4) is 0 Å². The molecular weight excluding hydrogens is 251 g/mol. The summed E-state index contributed by atoms with van der Waals surface area (Å²) in [5.41, 5.74) is 0. The summed E-state index contributed by atoms with van der Waals surface area (Å²) >= 11 is 0. The van der Waals surface area contributed by atoms with E-state index >= 15 is 0 Å². The van der Waals surface area contributed by atoms with Crippen molar-refractivity contribution in [1.82, 2.24) is 0 Å². The summed E-state index contributed by atoms with van der Waals surface area (Å²) in [4.78, 5) is 0. The van der Waals surface area contributed by atoms with Gasteiger partial charge < -0.3 is 13.4 Å². The molecule has 0 N–H and O–H groups in total. The van der Waals surface area contributed by atoms with Crippen LogP contribution in [0.15, 0.2) is 0 Å². The lowest BCUT2D eigenvalue weighted by atomic mass is 10.9. The molecule has 0 bridgehead atoms. The van der Waals surface area contributed by atoms with Crippen molar-refractivity contribution in [2.24, 2.45) is 0 Å². The molecule has 0 aliphatic heterocycles. The standard InChI is InChI=1S/C12H29O3PSi/c1-6-14-17(10-5,15-7-2)12-11-16(13,8-3)9-4/h6-12H2,1-5H3. The normalized spacial score (nSPS) is 13.0. The molecule has 0 aliphatic rings. The molecule has 0 aromatic heterocycles. The molecule has 0 amide bonds. The van der Waals surface area contributed by atoms with E-state index in [4.69, 9.17) is 8.85 Å². The highest BCUT2D eigenvalue weighted by Crippen LogP contribution is 2.46. The van der Waals surface area contributed by atoms with Gasteiger partial charge in [0.2, 0.25) is 0 Å². The highest BCUT2D eigenvalue weighted by atomic mass is 31.2. The predicted molar refractivity (Wildman–Crippen MR) is 77.8 cm³/mol. The fourth-order valence-electron chi connectivity index (χ4n) is 2.01. The minimum atomic E-state index is -2.08. The van der Waals surface area contributed by atoms with Crippen LogP contribution in [0.2, 0.25) is 12.1 Å². The van der Waals surface area contributed by atoms with Crippen LogP contribution in [0.5, 0.6) is 0 Å². The Morgan fingerprint density at radius 1 is 0.941 bits per heavy atom. The molecule has 0 heterocycles. The smallest absolute Gasteiger partial charge is 0.338 e. The molecular formula is C12H29O3PSi. The zero-order valence-corrected chi connectivity index (χ0v) is 14.0. The van der Waals surface area contributed by atoms with E-state index in [1.165, 1.54) is 0 Å². The molecule has 17 heavy (non-hydrogen) atoms. The molecule has 0 saturated carbocycles. The van der Waals surface area contributed by atoms with Crippen LogP contribution in [0.4, 0.5) is 0 Å². The van der Waals surface area contributed by atoms with Crippen molar-refractivity contribution >= 4 is 15.7 Å². The van der Waals surface area contributed by atoms with Crippen LogP contribution in [-0.4, -0.2) is 40.3 Å². The Hall–Kier alpha value is 0.367. The molecule has 104 valence electrons. The van der Waals surface area contributed by atoms with Gasteiger partial charge in [0.1, 0.15) is 0 Å². The van der Waals surface area contributed by atoms with Crippen molar-refractivity contribution < 1.29 is 13.4 Å². The number of hydrogen-bond donors (Lipinski definition) is 0. The predicted octanol–water partition coefficient (Wildman–Crippen LogP) is 3.92. The third-order valence-electron chi connectivity index (χ3n) is 3.41. The summed E-state index contributed by atoms with van der Waals surface area (Å²) in [5.74, 6) is 0. The van der Waals surface area contributed by atoms with E-state index in [2.05, 4.69) is 6.92 Å². The summed E-state index contributed by atoms with van der Waals surface area (Å²) in [7, 11) is -4.05. The van der Waals surface area contributed by atoms with Crippen LogP contribution in [-0.2, 0) is 13.4 Å². The molecule has 0 rings (SSSR count). The van der Waals surface area contributed by atoms with Gasteiger partial charge in [0.05, 0.1) is 7.14 Å². The summed E-state index contributed by atoms with van der Waals surface area (Å²) in [5, 5.41) is 0. The Labute approximate surface area is 108 Å². The van der Waals surface area contributed by atoms with Crippen LogP contribution >= 0.6 is 7.14 Å². The summed E-state index contributed by atoms with van der Waals surface area (Å²) in [6, 6.07) is 1.83. The average Bonchev–Trinajstić information content (AvgIpc) is 2.36. The Morgan fingerprint density at radius 3 is 1.71 bits per heavy atom. The van der Waals surface area contributed by atoms with Gasteiger partial charge in [-0.1, -0.05) is 20.8 Å². The van der Waals surface area contributed by atoms with E-state index < -0.39 is 15.7 Å². The van der Waals surface area contributed by atoms with Crippen LogP contribution in [0, 0.1) is 0 Å². The van der Waals surface area contributed by atoms with Gasteiger partial charge in [0, 0.05) is 19.4 Å². The molecule has 0 radical (unpaired) electrons. The summed E-state index contributed by atoms with van der Waals surface area (Å²) in [6.45, 7) is 11.6. The molecule has 0 aliphatic carbocycles. The van der Waals surface area contributed by atoms with Gasteiger partial charge in [-0.3, -0.25) is 0 Å². The van der Waals surface area contributed by atoms with Gasteiger partial charge in [-0.05, 0) is 38.3 Å². The van der Waals surface area contributed by atoms with E-state index in [1.54, 1.807) is 0 Å². The molecule has 0 spiro atoms. The molecule has 0 unspecified atom stereocenters. The highest BCUT2D eigenvalue weighted by molar-refractivity contribution is 7.64. The van der Waals surface area contributed by atoms with E-state index in [-0.39, 0.29) is 0 Å². The second kappa shape index (κ2) is 8.47. The lowest BCUT2D eigenvalue weighted by molar-refractivity contribution is 0.185. The van der Waals surface area contributed by atoms with Crippen LogP contribution < -0.4 is 0 Å². The lowest BCUT2D eigenvalue weighted by Crippen LogP contribution is -2.42. The Bertz CT molecular complexity index is 232. The monoisotopic (exact) mass is 280 g/mol. The van der Waals surface area contributed by atoms with Gasteiger partial charge in [-0.15, -0.1) is 0 Å². The first-order valence-corrected chi connectivity index (χ1v) is 11.4. The third kappa shape index (κ3) is 5.69. The Morgan fingerprint density at radius 2 is 1.41 bits per heavy atom. The molecule has 0 aromatic rings. The first-order chi connectivity index (χ1) is 8.01. The second-order valence-electron chi connectivity index (χ2n) is 4.29. The zero-order valence-electron chi connectivity index (χ0n) is 12.1. The average molecular weight is 280 g/mol. The summed E-state index contributed by atoms with van der Waals surface area (Å²) in [6.07, 6.45) is 2.39. The van der Waals surface area contributed by atoms with Crippen molar-refractivity contribution in [3.63, 3.8) is 0 Å². The number of hydrogen-bond acceptors (Lipinski definition) is 3. The molecule has 0 saturated heterocycles. The van der Waals surface area contributed by atoms with Crippen LogP contribution in [0.1, 0.15) is 34.6 Å². The number of rotatable bonds is 10. The maximum absolute atomic E-state index is 12.4. The molecule has 0 atom stereocenters. The van der Waals surface area contributed by atoms with E-state index in [0.717, 1.165) is 30.6 Å². The van der Waals surface area contributed by atoms with Gasteiger partial charge in [-0.2, -0.15) is 0 Å². The minimum absolute atomic E-state index is 0.697. The van der Waals surface area contributed by atoms with Crippen molar-refractivity contribution in [3.05, 3.63) is 0 Å². The highest BCUT2D eigenvalue weighted by Gasteiger charge is 2.36. The molecule has 0 fully saturated rings. The SMILES string of the molecule is CCO[Si](CC)(CCP(=O)(CC)CC)OCC. The maximum Gasteiger partial charge on any atom is 0.338 e. The first-order valence-electron chi connectivity index (χ1n) is 6.86. The minimum Gasteiger partial charge on any atom is -0.394 e. The van der Waals surface area contributed by atoms with E-state index in [0.29, 0.717) is 13.2 Å². The molecule has 0 aromatic carbocycles. The Balaban J connectivity index is 4.57. The second-order valence-corrected chi connectivity index (χ2v) is 11.7. The topological polar surface area (TPSA) is 35.5 Å². The largest absolute Gasteiger partial charge is 0.394 e. The first kappa shape index (κ1) is 17.4. The fraction of sp³-hybridized carbons (Fsp3) is 1.00. The Kier molecular flexibility index (Phi) is 8.65. The van der Waals surface area contributed by atoms with Crippen molar-refractivity contribution in [2.75, 3.05) is 31.7 Å². The van der Waals surface area contributed by atoms with Gasteiger partial charge in [0.15, 0.2) is 0 Å². The van der Waals surface area contributed by atoms with Crippen LogP contribution in [0.25, 0.3) is 0 Å². The fourth-order valence-corrected chi connectivity index (χ4v) is 8.27. The lowest BCUT2D eigenvalue weighted by Gasteiger charge is -2.30. The van der Waals surface area contributed by atoms with E-state index in [9.17, 15) is 4.57 Å². The van der Waals surface area contributed by atoms with Crippen molar-refractivity contribution in [1.29, 1.82) is 0 Å². The quantitative estimate of drug-likeness (QED) is 0.449. The van der Waals surface area contributed by atoms with E-state index in [1.807, 2.05) is 27.7 Å². The molecule has 5 heteroatoms.